The summed E-state index contributed by atoms with van der Waals surface area (Å²) in [5, 5.41) is 3.10. The van der Waals surface area contributed by atoms with Crippen LogP contribution in [-0.2, 0) is 4.79 Å². The van der Waals surface area contributed by atoms with Crippen LogP contribution in [0.3, 0.4) is 0 Å². The molecule has 0 aromatic carbocycles. The van der Waals surface area contributed by atoms with Crippen molar-refractivity contribution in [3.8, 4) is 0 Å². The van der Waals surface area contributed by atoms with Gasteiger partial charge in [-0.25, -0.2) is 9.79 Å². The Kier molecular flexibility index (Phi) is 4.17. The van der Waals surface area contributed by atoms with E-state index in [0.29, 0.717) is 6.54 Å². The fourth-order valence-electron chi connectivity index (χ4n) is 2.14. The molecular formula is C13H18N4O2S. The Labute approximate surface area is 122 Å². The van der Waals surface area contributed by atoms with Gasteiger partial charge in [0.2, 0.25) is 0 Å². The highest BCUT2D eigenvalue weighted by Crippen LogP contribution is 2.28. The molecule has 2 aliphatic rings. The number of likely N-dealkylation sites (N-methyl/N-ethyl adjacent to an activating group) is 1. The number of aliphatic imine (C=N–C) groups is 1. The minimum Gasteiger partial charge on any atom is -0.332 e. The molecule has 0 aliphatic carbocycles. The fourth-order valence-corrected chi connectivity index (χ4v) is 3.05. The van der Waals surface area contributed by atoms with Crippen molar-refractivity contribution >= 4 is 28.9 Å². The Morgan fingerprint density at radius 3 is 2.85 bits per heavy atom. The van der Waals surface area contributed by atoms with Gasteiger partial charge in [0.1, 0.15) is 0 Å². The average molecular weight is 294 g/mol. The van der Waals surface area contributed by atoms with Crippen molar-refractivity contribution in [3.05, 3.63) is 24.8 Å². The van der Waals surface area contributed by atoms with E-state index < -0.39 is 18.2 Å². The first-order chi connectivity index (χ1) is 9.45. The Bertz CT molecular complexity index is 503. The summed E-state index contributed by atoms with van der Waals surface area (Å²) in [6, 6.07) is -0.895. The third-order valence-electron chi connectivity index (χ3n) is 3.10. The molecule has 2 unspecified atom stereocenters. The summed E-state index contributed by atoms with van der Waals surface area (Å²) in [4.78, 5) is 31.6. The summed E-state index contributed by atoms with van der Waals surface area (Å²) in [6.45, 7) is 10.0. The van der Waals surface area contributed by atoms with Crippen molar-refractivity contribution < 1.29 is 9.59 Å². The maximum atomic E-state index is 12.1. The van der Waals surface area contributed by atoms with Crippen LogP contribution in [0.2, 0.25) is 0 Å². The molecule has 2 aliphatic heterocycles. The third-order valence-corrected chi connectivity index (χ3v) is 4.33. The Morgan fingerprint density at radius 1 is 1.55 bits per heavy atom. The fraction of sp³-hybridized carbons (Fsp3) is 0.462. The van der Waals surface area contributed by atoms with Crippen molar-refractivity contribution in [3.63, 3.8) is 0 Å². The maximum Gasteiger partial charge on any atom is 0.325 e. The summed E-state index contributed by atoms with van der Waals surface area (Å²) in [5.74, 6) is 0.417. The van der Waals surface area contributed by atoms with Crippen LogP contribution < -0.4 is 5.32 Å². The lowest BCUT2D eigenvalue weighted by Crippen LogP contribution is -2.63. The van der Waals surface area contributed by atoms with Gasteiger partial charge in [-0.3, -0.25) is 10.1 Å². The Balaban J connectivity index is 2.26. The molecule has 0 radical (unpaired) electrons. The van der Waals surface area contributed by atoms with E-state index in [2.05, 4.69) is 23.5 Å². The van der Waals surface area contributed by atoms with Gasteiger partial charge in [-0.2, -0.15) is 0 Å². The number of imide groups is 1. The lowest BCUT2D eigenvalue weighted by molar-refractivity contribution is -0.126. The van der Waals surface area contributed by atoms with E-state index >= 15 is 0 Å². The molecule has 3 amide bonds. The summed E-state index contributed by atoms with van der Waals surface area (Å²) in [7, 11) is 1.64. The molecule has 0 saturated carbocycles. The van der Waals surface area contributed by atoms with Gasteiger partial charge in [0, 0.05) is 19.3 Å². The van der Waals surface area contributed by atoms with Crippen LogP contribution in [0.25, 0.3) is 0 Å². The second-order valence-corrected chi connectivity index (χ2v) is 5.80. The van der Waals surface area contributed by atoms with Gasteiger partial charge < -0.3 is 9.80 Å². The number of urea groups is 1. The molecular weight excluding hydrogens is 276 g/mol. The largest absolute Gasteiger partial charge is 0.332 e. The molecule has 1 saturated heterocycles. The maximum absolute atomic E-state index is 12.1. The van der Waals surface area contributed by atoms with Crippen LogP contribution in [0, 0.1) is 0 Å². The first-order valence-corrected chi connectivity index (χ1v) is 7.24. The number of hydrogen-bond donors (Lipinski definition) is 1. The summed E-state index contributed by atoms with van der Waals surface area (Å²) in [6.07, 6.45) is 1.26. The highest BCUT2D eigenvalue weighted by Gasteiger charge is 2.48. The molecule has 6 nitrogen and oxygen atoms in total. The van der Waals surface area contributed by atoms with Crippen molar-refractivity contribution in [2.24, 2.45) is 4.99 Å². The number of nitrogens with one attached hydrogen (secondary N) is 1. The van der Waals surface area contributed by atoms with E-state index in [-0.39, 0.29) is 5.91 Å². The first-order valence-electron chi connectivity index (χ1n) is 6.26. The molecule has 1 N–H and O–H groups in total. The third kappa shape index (κ3) is 2.58. The van der Waals surface area contributed by atoms with Gasteiger partial charge in [-0.1, -0.05) is 30.0 Å². The van der Waals surface area contributed by atoms with E-state index in [9.17, 15) is 9.59 Å². The number of rotatable bonds is 4. The summed E-state index contributed by atoms with van der Waals surface area (Å²) in [5.41, 5.74) is 1.03. The smallest absolute Gasteiger partial charge is 0.325 e. The predicted octanol–water partition coefficient (Wildman–Crippen LogP) is 1.03. The van der Waals surface area contributed by atoms with Crippen LogP contribution in [0.4, 0.5) is 4.79 Å². The lowest BCUT2D eigenvalue weighted by Gasteiger charge is -2.35. The second-order valence-electron chi connectivity index (χ2n) is 4.86. The number of carbonyl (C=O) groups excluding carboxylic acids is 2. The van der Waals surface area contributed by atoms with Crippen molar-refractivity contribution in [2.45, 2.75) is 19.1 Å². The summed E-state index contributed by atoms with van der Waals surface area (Å²) < 4.78 is 0. The van der Waals surface area contributed by atoms with Gasteiger partial charge in [0.15, 0.2) is 17.4 Å². The SMILES string of the molecule is C=CCN1C(SCC(=C)C)=NC2C1C(=O)NC(=O)N2C. The second kappa shape index (κ2) is 5.70. The molecule has 2 atom stereocenters. The average Bonchev–Trinajstić information content (AvgIpc) is 2.74. The molecule has 0 spiro atoms. The number of amides is 3. The predicted molar refractivity (Wildman–Crippen MR) is 80.5 cm³/mol. The number of thioether (sulfide) groups is 1. The van der Waals surface area contributed by atoms with Crippen molar-refractivity contribution in [2.75, 3.05) is 19.3 Å². The van der Waals surface area contributed by atoms with Gasteiger partial charge in [-0.05, 0) is 6.92 Å². The topological polar surface area (TPSA) is 65.0 Å². The number of amidine groups is 1. The molecule has 1 fully saturated rings. The molecule has 0 aromatic heterocycles. The zero-order chi connectivity index (χ0) is 14.9. The number of fused-ring (bicyclic) bond motifs is 1. The number of nitrogens with zero attached hydrogens (tertiary/aromatic N) is 3. The quantitative estimate of drug-likeness (QED) is 0.787. The Morgan fingerprint density at radius 2 is 2.25 bits per heavy atom. The van der Waals surface area contributed by atoms with Gasteiger partial charge >= 0.3 is 6.03 Å². The van der Waals surface area contributed by atoms with Crippen LogP contribution in [0.1, 0.15) is 6.92 Å². The number of carbonyl (C=O) groups is 2. The molecule has 20 heavy (non-hydrogen) atoms. The first kappa shape index (κ1) is 14.6. The van der Waals surface area contributed by atoms with E-state index in [1.54, 1.807) is 13.1 Å². The van der Waals surface area contributed by atoms with Crippen LogP contribution in [0.15, 0.2) is 29.8 Å². The monoisotopic (exact) mass is 294 g/mol. The molecule has 2 rings (SSSR count). The van der Waals surface area contributed by atoms with E-state index in [0.717, 1.165) is 16.5 Å². The molecule has 0 aromatic rings. The van der Waals surface area contributed by atoms with E-state index in [4.69, 9.17) is 0 Å². The standard InChI is InChI=1S/C13H18N4O2S/c1-5-6-17-9-10(14-13(17)20-7-8(2)3)16(4)12(19)15-11(9)18/h5,9-10H,1-2,6-7H2,3-4H3,(H,15,18,19). The van der Waals surface area contributed by atoms with Crippen molar-refractivity contribution in [1.29, 1.82) is 0 Å². The van der Waals surface area contributed by atoms with Gasteiger partial charge in [0.25, 0.3) is 5.91 Å². The number of hydrogen-bond acceptors (Lipinski definition) is 5. The molecule has 2 heterocycles. The molecule has 108 valence electrons. The lowest BCUT2D eigenvalue weighted by atomic mass is 10.1. The summed E-state index contributed by atoms with van der Waals surface area (Å²) >= 11 is 1.52. The zero-order valence-electron chi connectivity index (χ0n) is 11.6. The van der Waals surface area contributed by atoms with E-state index in [1.165, 1.54) is 16.7 Å². The van der Waals surface area contributed by atoms with E-state index in [1.807, 2.05) is 11.8 Å². The van der Waals surface area contributed by atoms with Gasteiger partial charge in [0.05, 0.1) is 0 Å². The van der Waals surface area contributed by atoms with Crippen molar-refractivity contribution in [1.82, 2.24) is 15.1 Å². The van der Waals surface area contributed by atoms with Crippen LogP contribution >= 0.6 is 11.8 Å². The van der Waals surface area contributed by atoms with Gasteiger partial charge in [-0.15, -0.1) is 6.58 Å². The highest BCUT2D eigenvalue weighted by atomic mass is 32.2. The highest BCUT2D eigenvalue weighted by molar-refractivity contribution is 8.13. The molecule has 7 heteroatoms. The zero-order valence-corrected chi connectivity index (χ0v) is 12.4. The Hall–Kier alpha value is -1.76. The molecule has 0 bridgehead atoms. The minimum absolute atomic E-state index is 0.311. The van der Waals surface area contributed by atoms with Crippen LogP contribution in [-0.4, -0.2) is 58.5 Å². The minimum atomic E-state index is -0.483. The van der Waals surface area contributed by atoms with Crippen LogP contribution in [0.5, 0.6) is 0 Å². The normalized spacial score (nSPS) is 25.2.